The van der Waals surface area contributed by atoms with Crippen LogP contribution in [0.1, 0.15) is 23.9 Å². The third-order valence-electron chi connectivity index (χ3n) is 3.01. The molecule has 1 heterocycles. The number of nitrogens with one attached hydrogen (secondary N) is 1. The Hall–Kier alpha value is -1.83. The molecule has 1 atom stereocenters. The summed E-state index contributed by atoms with van der Waals surface area (Å²) in [6.45, 7) is 6.26. The predicted octanol–water partition coefficient (Wildman–Crippen LogP) is 3.74. The van der Waals surface area contributed by atoms with E-state index in [0.717, 1.165) is 23.5 Å². The van der Waals surface area contributed by atoms with Gasteiger partial charge in [-0.05, 0) is 44.9 Å². The van der Waals surface area contributed by atoms with Crippen LogP contribution in [0.15, 0.2) is 42.5 Å². The molecule has 1 aromatic carbocycles. The lowest BCUT2D eigenvalue weighted by Crippen LogP contribution is -2.19. The average molecular weight is 240 g/mol. The molecule has 2 rings (SSSR count). The molecule has 0 aliphatic carbocycles. The van der Waals surface area contributed by atoms with Crippen LogP contribution in [0.4, 0.5) is 5.69 Å². The van der Waals surface area contributed by atoms with Crippen LogP contribution in [0.5, 0.6) is 0 Å². The lowest BCUT2D eigenvalue weighted by atomic mass is 10.1. The van der Waals surface area contributed by atoms with Gasteiger partial charge >= 0.3 is 0 Å². The number of hydrogen-bond donors (Lipinski definition) is 1. The summed E-state index contributed by atoms with van der Waals surface area (Å²) in [6.07, 6.45) is 1.02. The summed E-state index contributed by atoms with van der Waals surface area (Å²) in [5.41, 5.74) is 4.61. The maximum atomic E-state index is 4.47. The summed E-state index contributed by atoms with van der Waals surface area (Å²) in [5.74, 6) is 0. The Bertz CT molecular complexity index is 506. The van der Waals surface area contributed by atoms with Crippen molar-refractivity contribution < 1.29 is 0 Å². The zero-order valence-corrected chi connectivity index (χ0v) is 11.3. The minimum absolute atomic E-state index is 0.399. The number of anilines is 1. The minimum Gasteiger partial charge on any atom is -0.381 e. The largest absolute Gasteiger partial charge is 0.381 e. The highest BCUT2D eigenvalue weighted by atomic mass is 14.9. The van der Waals surface area contributed by atoms with E-state index >= 15 is 0 Å². The molecule has 1 unspecified atom stereocenters. The maximum Gasteiger partial charge on any atom is 0.0606 e. The van der Waals surface area contributed by atoms with Crippen LogP contribution >= 0.6 is 0 Å². The van der Waals surface area contributed by atoms with Gasteiger partial charge in [0, 0.05) is 11.7 Å². The second kappa shape index (κ2) is 5.67. The first-order chi connectivity index (χ1) is 8.65. The Morgan fingerprint density at radius 1 is 1.06 bits per heavy atom. The molecule has 2 heteroatoms. The van der Waals surface area contributed by atoms with Gasteiger partial charge in [0.25, 0.3) is 0 Å². The molecule has 0 aliphatic heterocycles. The highest BCUT2D eigenvalue weighted by Gasteiger charge is 2.06. The predicted molar refractivity (Wildman–Crippen MR) is 76.9 cm³/mol. The number of aromatic nitrogens is 1. The lowest BCUT2D eigenvalue weighted by Gasteiger charge is -2.17. The summed E-state index contributed by atoms with van der Waals surface area (Å²) < 4.78 is 0. The molecule has 1 aromatic heterocycles. The Morgan fingerprint density at radius 2 is 1.78 bits per heavy atom. The van der Waals surface area contributed by atoms with Crippen LogP contribution in [0.3, 0.4) is 0 Å². The SMILES string of the molecule is Cc1ccc(NC(C)Cc2ccccc2)c(C)n1. The van der Waals surface area contributed by atoms with E-state index in [1.807, 2.05) is 19.9 Å². The molecule has 2 aromatic rings. The van der Waals surface area contributed by atoms with E-state index in [4.69, 9.17) is 0 Å². The standard InChI is InChI=1S/C16H20N2/c1-12-9-10-16(14(3)17-12)18-13(2)11-15-7-5-4-6-8-15/h4-10,13,18H,11H2,1-3H3. The topological polar surface area (TPSA) is 24.9 Å². The third-order valence-corrected chi connectivity index (χ3v) is 3.01. The monoisotopic (exact) mass is 240 g/mol. The molecule has 0 fully saturated rings. The van der Waals surface area contributed by atoms with Crippen LogP contribution in [0, 0.1) is 13.8 Å². The van der Waals surface area contributed by atoms with Gasteiger partial charge in [-0.25, -0.2) is 0 Å². The highest BCUT2D eigenvalue weighted by Crippen LogP contribution is 2.15. The number of nitrogens with zero attached hydrogens (tertiary/aromatic N) is 1. The van der Waals surface area contributed by atoms with Crippen molar-refractivity contribution >= 4 is 5.69 Å². The molecule has 0 aliphatic rings. The lowest BCUT2D eigenvalue weighted by molar-refractivity contribution is 0.787. The molecule has 18 heavy (non-hydrogen) atoms. The molecule has 0 saturated heterocycles. The summed E-state index contributed by atoms with van der Waals surface area (Å²) in [6, 6.07) is 15.1. The first-order valence-electron chi connectivity index (χ1n) is 6.40. The number of aryl methyl sites for hydroxylation is 2. The quantitative estimate of drug-likeness (QED) is 0.880. The zero-order chi connectivity index (χ0) is 13.0. The van der Waals surface area contributed by atoms with Crippen molar-refractivity contribution in [3.05, 3.63) is 59.4 Å². The van der Waals surface area contributed by atoms with E-state index in [2.05, 4.69) is 53.6 Å². The Labute approximate surface area is 109 Å². The van der Waals surface area contributed by atoms with Crippen LogP contribution < -0.4 is 5.32 Å². The van der Waals surface area contributed by atoms with Gasteiger partial charge in [0.2, 0.25) is 0 Å². The van der Waals surface area contributed by atoms with Crippen molar-refractivity contribution in [3.63, 3.8) is 0 Å². The van der Waals surface area contributed by atoms with E-state index < -0.39 is 0 Å². The van der Waals surface area contributed by atoms with Gasteiger partial charge in [-0.3, -0.25) is 4.98 Å². The van der Waals surface area contributed by atoms with Crippen molar-refractivity contribution in [3.8, 4) is 0 Å². The fourth-order valence-corrected chi connectivity index (χ4v) is 2.12. The highest BCUT2D eigenvalue weighted by molar-refractivity contribution is 5.48. The Kier molecular flexibility index (Phi) is 3.98. The Balaban J connectivity index is 2.01. The van der Waals surface area contributed by atoms with Gasteiger partial charge in [0.05, 0.1) is 11.4 Å². The molecule has 2 nitrogen and oxygen atoms in total. The average Bonchev–Trinajstić information content (AvgIpc) is 2.34. The van der Waals surface area contributed by atoms with Crippen LogP contribution in [-0.4, -0.2) is 11.0 Å². The van der Waals surface area contributed by atoms with Crippen molar-refractivity contribution in [1.29, 1.82) is 0 Å². The van der Waals surface area contributed by atoms with Crippen LogP contribution in [-0.2, 0) is 6.42 Å². The molecule has 0 radical (unpaired) electrons. The number of hydrogen-bond acceptors (Lipinski definition) is 2. The molecule has 0 spiro atoms. The van der Waals surface area contributed by atoms with E-state index in [-0.39, 0.29) is 0 Å². The second-order valence-corrected chi connectivity index (χ2v) is 4.82. The fourth-order valence-electron chi connectivity index (χ4n) is 2.12. The first kappa shape index (κ1) is 12.6. The van der Waals surface area contributed by atoms with Crippen molar-refractivity contribution in [2.45, 2.75) is 33.2 Å². The normalized spacial score (nSPS) is 12.2. The van der Waals surface area contributed by atoms with E-state index in [1.165, 1.54) is 5.56 Å². The molecule has 0 bridgehead atoms. The van der Waals surface area contributed by atoms with Crippen molar-refractivity contribution in [2.75, 3.05) is 5.32 Å². The molecular formula is C16H20N2. The van der Waals surface area contributed by atoms with Gasteiger partial charge < -0.3 is 5.32 Å². The summed E-state index contributed by atoms with van der Waals surface area (Å²) in [5, 5.41) is 3.52. The minimum atomic E-state index is 0.399. The van der Waals surface area contributed by atoms with E-state index in [1.54, 1.807) is 0 Å². The second-order valence-electron chi connectivity index (χ2n) is 4.82. The number of benzene rings is 1. The fraction of sp³-hybridized carbons (Fsp3) is 0.312. The molecule has 0 saturated carbocycles. The van der Waals surface area contributed by atoms with Crippen molar-refractivity contribution in [1.82, 2.24) is 4.98 Å². The zero-order valence-electron chi connectivity index (χ0n) is 11.3. The van der Waals surface area contributed by atoms with Crippen LogP contribution in [0.2, 0.25) is 0 Å². The van der Waals surface area contributed by atoms with Crippen LogP contribution in [0.25, 0.3) is 0 Å². The third kappa shape index (κ3) is 3.33. The van der Waals surface area contributed by atoms with Crippen molar-refractivity contribution in [2.24, 2.45) is 0 Å². The van der Waals surface area contributed by atoms with Gasteiger partial charge in [-0.15, -0.1) is 0 Å². The molecule has 94 valence electrons. The Morgan fingerprint density at radius 3 is 2.44 bits per heavy atom. The van der Waals surface area contributed by atoms with E-state index in [9.17, 15) is 0 Å². The van der Waals surface area contributed by atoms with E-state index in [0.29, 0.717) is 6.04 Å². The van der Waals surface area contributed by atoms with Gasteiger partial charge in [0.1, 0.15) is 0 Å². The van der Waals surface area contributed by atoms with Gasteiger partial charge in [-0.1, -0.05) is 30.3 Å². The molecule has 0 amide bonds. The number of rotatable bonds is 4. The maximum absolute atomic E-state index is 4.47. The molecular weight excluding hydrogens is 220 g/mol. The van der Waals surface area contributed by atoms with Gasteiger partial charge in [0.15, 0.2) is 0 Å². The summed E-state index contributed by atoms with van der Waals surface area (Å²) in [4.78, 5) is 4.47. The summed E-state index contributed by atoms with van der Waals surface area (Å²) >= 11 is 0. The first-order valence-corrected chi connectivity index (χ1v) is 6.40. The number of pyridine rings is 1. The van der Waals surface area contributed by atoms with Gasteiger partial charge in [-0.2, -0.15) is 0 Å². The summed E-state index contributed by atoms with van der Waals surface area (Å²) in [7, 11) is 0. The smallest absolute Gasteiger partial charge is 0.0606 e. The molecule has 1 N–H and O–H groups in total.